The quantitative estimate of drug-likeness (QED) is 0.538. The van der Waals surface area contributed by atoms with Gasteiger partial charge in [0.2, 0.25) is 5.91 Å². The van der Waals surface area contributed by atoms with Gasteiger partial charge in [0.05, 0.1) is 23.7 Å². The molecule has 0 unspecified atom stereocenters. The Morgan fingerprint density at radius 3 is 2.66 bits per heavy atom. The average molecular weight is 447 g/mol. The standard InChI is InChI=1S/C24H22N4O3S/c29-23-15-32-22-9-7-18(13-20(22)28(23)14-16-4-2-1-3-5-16)27-24(30)26-17-6-8-21-19(12-17)25-10-11-31-21/h1-9,12-13,25H,10-11,14-15H2,(H2,26,27,30). The Kier molecular flexibility index (Phi) is 5.60. The number of hydrogen-bond acceptors (Lipinski definition) is 5. The van der Waals surface area contributed by atoms with Crippen LogP contribution in [0.15, 0.2) is 71.6 Å². The Morgan fingerprint density at radius 2 is 1.81 bits per heavy atom. The third-order valence-corrected chi connectivity index (χ3v) is 6.30. The first-order valence-electron chi connectivity index (χ1n) is 10.4. The first-order chi connectivity index (χ1) is 15.7. The number of nitrogens with zero attached hydrogens (tertiary/aromatic N) is 1. The highest BCUT2D eigenvalue weighted by atomic mass is 32.2. The maximum absolute atomic E-state index is 12.6. The van der Waals surface area contributed by atoms with E-state index < -0.39 is 0 Å². The summed E-state index contributed by atoms with van der Waals surface area (Å²) in [4.78, 5) is 28.0. The van der Waals surface area contributed by atoms with Crippen LogP contribution in [0.5, 0.6) is 5.75 Å². The third-order valence-electron chi connectivity index (χ3n) is 5.26. The fourth-order valence-corrected chi connectivity index (χ4v) is 4.65. The van der Waals surface area contributed by atoms with E-state index in [1.165, 1.54) is 11.8 Å². The van der Waals surface area contributed by atoms with E-state index in [1.807, 2.05) is 60.7 Å². The number of rotatable bonds is 4. The maximum Gasteiger partial charge on any atom is 0.323 e. The van der Waals surface area contributed by atoms with Crippen LogP contribution < -0.4 is 25.6 Å². The van der Waals surface area contributed by atoms with Crippen LogP contribution in [0.25, 0.3) is 0 Å². The smallest absolute Gasteiger partial charge is 0.323 e. The number of nitrogens with one attached hydrogen (secondary N) is 3. The summed E-state index contributed by atoms with van der Waals surface area (Å²) in [6, 6.07) is 20.7. The molecule has 0 aromatic heterocycles. The van der Waals surface area contributed by atoms with Gasteiger partial charge >= 0.3 is 6.03 Å². The molecule has 7 nitrogen and oxygen atoms in total. The van der Waals surface area contributed by atoms with E-state index in [2.05, 4.69) is 16.0 Å². The van der Waals surface area contributed by atoms with Crippen molar-refractivity contribution >= 4 is 46.4 Å². The number of ether oxygens (including phenoxy) is 1. The first-order valence-corrected chi connectivity index (χ1v) is 11.3. The summed E-state index contributed by atoms with van der Waals surface area (Å²) >= 11 is 1.52. The highest BCUT2D eigenvalue weighted by Gasteiger charge is 2.25. The van der Waals surface area contributed by atoms with Gasteiger partial charge in [0.1, 0.15) is 12.4 Å². The van der Waals surface area contributed by atoms with Crippen molar-refractivity contribution in [3.8, 4) is 5.75 Å². The number of benzene rings is 3. The molecule has 0 bridgehead atoms. The molecule has 2 heterocycles. The minimum absolute atomic E-state index is 0.0525. The number of thioether (sulfide) groups is 1. The summed E-state index contributed by atoms with van der Waals surface area (Å²) in [6.45, 7) is 1.85. The Bertz CT molecular complexity index is 1170. The van der Waals surface area contributed by atoms with Gasteiger partial charge in [-0.15, -0.1) is 11.8 Å². The monoisotopic (exact) mass is 446 g/mol. The summed E-state index contributed by atoms with van der Waals surface area (Å²) in [5, 5.41) is 8.97. The van der Waals surface area contributed by atoms with Gasteiger partial charge in [0.15, 0.2) is 0 Å². The van der Waals surface area contributed by atoms with Crippen molar-refractivity contribution in [3.63, 3.8) is 0 Å². The molecular formula is C24H22N4O3S. The van der Waals surface area contributed by atoms with Crippen molar-refractivity contribution in [3.05, 3.63) is 72.3 Å². The number of urea groups is 1. The normalized spacial score (nSPS) is 14.5. The molecule has 8 heteroatoms. The van der Waals surface area contributed by atoms with Crippen molar-refractivity contribution in [2.24, 2.45) is 0 Å². The average Bonchev–Trinajstić information content (AvgIpc) is 2.81. The van der Waals surface area contributed by atoms with Gasteiger partial charge < -0.3 is 25.6 Å². The number of carbonyl (C=O) groups is 2. The molecule has 0 saturated heterocycles. The summed E-state index contributed by atoms with van der Waals surface area (Å²) in [5.41, 5.74) is 4.00. The van der Waals surface area contributed by atoms with Crippen molar-refractivity contribution in [2.75, 3.05) is 39.8 Å². The van der Waals surface area contributed by atoms with Crippen molar-refractivity contribution in [2.45, 2.75) is 11.4 Å². The predicted octanol–water partition coefficient (Wildman–Crippen LogP) is 4.77. The molecule has 5 rings (SSSR count). The Hall–Kier alpha value is -3.65. The molecule has 2 aliphatic rings. The van der Waals surface area contributed by atoms with E-state index in [0.717, 1.165) is 34.1 Å². The van der Waals surface area contributed by atoms with Crippen molar-refractivity contribution in [1.82, 2.24) is 0 Å². The van der Waals surface area contributed by atoms with Gasteiger partial charge in [0, 0.05) is 22.8 Å². The molecule has 0 aliphatic carbocycles. The van der Waals surface area contributed by atoms with Crippen molar-refractivity contribution < 1.29 is 14.3 Å². The number of carbonyl (C=O) groups excluding carboxylic acids is 2. The number of amides is 3. The highest BCUT2D eigenvalue weighted by molar-refractivity contribution is 8.00. The largest absolute Gasteiger partial charge is 0.490 e. The van der Waals surface area contributed by atoms with Crippen LogP contribution >= 0.6 is 11.8 Å². The van der Waals surface area contributed by atoms with E-state index >= 15 is 0 Å². The van der Waals surface area contributed by atoms with E-state index in [4.69, 9.17) is 4.74 Å². The SMILES string of the molecule is O=C(Nc1ccc2c(c1)NCCO2)Nc1ccc2c(c1)N(Cc1ccccc1)C(=O)CS2. The molecule has 3 aromatic rings. The van der Waals surface area contributed by atoms with E-state index in [-0.39, 0.29) is 11.9 Å². The van der Waals surface area contributed by atoms with Gasteiger partial charge in [-0.2, -0.15) is 0 Å². The molecule has 162 valence electrons. The maximum atomic E-state index is 12.6. The fraction of sp³-hybridized carbons (Fsp3) is 0.167. The van der Waals surface area contributed by atoms with Crippen LogP contribution in [0.2, 0.25) is 0 Å². The van der Waals surface area contributed by atoms with Crippen LogP contribution in [-0.4, -0.2) is 30.8 Å². The minimum atomic E-state index is -0.356. The zero-order valence-electron chi connectivity index (χ0n) is 17.3. The second-order valence-corrected chi connectivity index (χ2v) is 8.52. The summed E-state index contributed by atoms with van der Waals surface area (Å²) in [5.74, 6) is 1.23. The van der Waals surface area contributed by atoms with Gasteiger partial charge in [0.25, 0.3) is 0 Å². The molecular weight excluding hydrogens is 424 g/mol. The molecule has 0 radical (unpaired) electrons. The lowest BCUT2D eigenvalue weighted by Gasteiger charge is -2.29. The van der Waals surface area contributed by atoms with Crippen LogP contribution in [0, 0.1) is 0 Å². The van der Waals surface area contributed by atoms with E-state index in [1.54, 1.807) is 11.0 Å². The minimum Gasteiger partial charge on any atom is -0.490 e. The van der Waals surface area contributed by atoms with E-state index in [9.17, 15) is 9.59 Å². The van der Waals surface area contributed by atoms with Gasteiger partial charge in [-0.05, 0) is 42.0 Å². The molecule has 3 amide bonds. The molecule has 0 atom stereocenters. The Labute approximate surface area is 190 Å². The summed E-state index contributed by atoms with van der Waals surface area (Å²) in [6.07, 6.45) is 0. The molecule has 2 aliphatic heterocycles. The van der Waals surface area contributed by atoms with Crippen LogP contribution in [0.4, 0.5) is 27.5 Å². The van der Waals surface area contributed by atoms with Gasteiger partial charge in [-0.1, -0.05) is 30.3 Å². The zero-order chi connectivity index (χ0) is 21.9. The predicted molar refractivity (Wildman–Crippen MR) is 128 cm³/mol. The first kappa shape index (κ1) is 20.3. The zero-order valence-corrected chi connectivity index (χ0v) is 18.1. The lowest BCUT2D eigenvalue weighted by atomic mass is 10.2. The lowest BCUT2D eigenvalue weighted by molar-refractivity contribution is -0.116. The second kappa shape index (κ2) is 8.84. The van der Waals surface area contributed by atoms with Crippen molar-refractivity contribution in [1.29, 1.82) is 0 Å². The summed E-state index contributed by atoms with van der Waals surface area (Å²) in [7, 11) is 0. The van der Waals surface area contributed by atoms with Gasteiger partial charge in [-0.3, -0.25) is 4.79 Å². The number of hydrogen-bond donors (Lipinski definition) is 3. The molecule has 0 fully saturated rings. The molecule has 0 spiro atoms. The van der Waals surface area contributed by atoms with Crippen LogP contribution in [0.1, 0.15) is 5.56 Å². The van der Waals surface area contributed by atoms with Gasteiger partial charge in [-0.25, -0.2) is 4.79 Å². The van der Waals surface area contributed by atoms with E-state index in [0.29, 0.717) is 30.3 Å². The summed E-state index contributed by atoms with van der Waals surface area (Å²) < 4.78 is 5.57. The Morgan fingerprint density at radius 1 is 1.03 bits per heavy atom. The lowest BCUT2D eigenvalue weighted by Crippen LogP contribution is -2.34. The number of fused-ring (bicyclic) bond motifs is 2. The molecule has 0 saturated carbocycles. The van der Waals surface area contributed by atoms with Crippen LogP contribution in [0.3, 0.4) is 0 Å². The fourth-order valence-electron chi connectivity index (χ4n) is 3.73. The third kappa shape index (κ3) is 4.36. The Balaban J connectivity index is 1.32. The molecule has 3 aromatic carbocycles. The highest BCUT2D eigenvalue weighted by Crippen LogP contribution is 2.38. The second-order valence-electron chi connectivity index (χ2n) is 7.50. The van der Waals surface area contributed by atoms with Crippen LogP contribution in [-0.2, 0) is 11.3 Å². The molecule has 32 heavy (non-hydrogen) atoms. The topological polar surface area (TPSA) is 82.7 Å². The molecule has 3 N–H and O–H groups in total. The number of anilines is 4.